The molecular weight excluding hydrogens is 300 g/mol. The maximum absolute atomic E-state index is 12.6. The molecule has 3 rings (SSSR count). The number of amides is 1. The van der Waals surface area contributed by atoms with Crippen molar-refractivity contribution in [2.75, 3.05) is 31.5 Å². The van der Waals surface area contributed by atoms with Crippen LogP contribution in [0.4, 0.5) is 5.69 Å². The summed E-state index contributed by atoms with van der Waals surface area (Å²) in [5, 5.41) is 9.64. The number of hydrogen-bond acceptors (Lipinski definition) is 4. The van der Waals surface area contributed by atoms with E-state index >= 15 is 0 Å². The molecule has 2 aromatic rings. The maximum atomic E-state index is 12.6. The average Bonchev–Trinajstić information content (AvgIpc) is 2.59. The molecule has 5 heteroatoms. The molecule has 0 unspecified atom stereocenters. The summed E-state index contributed by atoms with van der Waals surface area (Å²) in [6.45, 7) is 3.00. The van der Waals surface area contributed by atoms with Crippen molar-refractivity contribution in [1.82, 2.24) is 15.6 Å². The van der Waals surface area contributed by atoms with Crippen molar-refractivity contribution in [3.05, 3.63) is 60.4 Å². The zero-order valence-electron chi connectivity index (χ0n) is 13.8. The zero-order chi connectivity index (χ0) is 16.7. The Labute approximate surface area is 142 Å². The lowest BCUT2D eigenvalue weighted by Crippen LogP contribution is -2.62. The quantitative estimate of drug-likeness (QED) is 0.648. The van der Waals surface area contributed by atoms with Gasteiger partial charge in [0.05, 0.1) is 11.1 Å². The Morgan fingerprint density at radius 2 is 1.96 bits per heavy atom. The van der Waals surface area contributed by atoms with Crippen LogP contribution in [-0.4, -0.2) is 37.1 Å². The molecule has 1 saturated heterocycles. The average molecular weight is 324 g/mol. The first-order valence-corrected chi connectivity index (χ1v) is 8.45. The van der Waals surface area contributed by atoms with Crippen molar-refractivity contribution in [3.8, 4) is 0 Å². The molecule has 0 atom stereocenters. The lowest BCUT2D eigenvalue weighted by atomic mass is 9.75. The van der Waals surface area contributed by atoms with Crippen molar-refractivity contribution in [2.24, 2.45) is 5.41 Å². The molecule has 1 aromatic carbocycles. The second-order valence-corrected chi connectivity index (χ2v) is 6.32. The third kappa shape index (κ3) is 4.11. The van der Waals surface area contributed by atoms with E-state index in [-0.39, 0.29) is 11.3 Å². The minimum absolute atomic E-state index is 0.159. The van der Waals surface area contributed by atoms with Crippen molar-refractivity contribution in [1.29, 1.82) is 0 Å². The fourth-order valence-corrected chi connectivity index (χ4v) is 2.96. The van der Waals surface area contributed by atoms with Gasteiger partial charge < -0.3 is 16.0 Å². The van der Waals surface area contributed by atoms with Gasteiger partial charge >= 0.3 is 0 Å². The topological polar surface area (TPSA) is 66.0 Å². The molecule has 0 radical (unpaired) electrons. The lowest BCUT2D eigenvalue weighted by Gasteiger charge is -2.41. The summed E-state index contributed by atoms with van der Waals surface area (Å²) in [4.78, 5) is 16.7. The van der Waals surface area contributed by atoms with Crippen LogP contribution in [0.5, 0.6) is 0 Å². The highest BCUT2D eigenvalue weighted by Gasteiger charge is 2.43. The fourth-order valence-electron chi connectivity index (χ4n) is 2.96. The molecule has 5 nitrogen and oxygen atoms in total. The van der Waals surface area contributed by atoms with Gasteiger partial charge in [-0.1, -0.05) is 30.3 Å². The highest BCUT2D eigenvalue weighted by molar-refractivity contribution is 5.84. The van der Waals surface area contributed by atoms with E-state index in [1.807, 2.05) is 30.3 Å². The zero-order valence-corrected chi connectivity index (χ0v) is 13.8. The number of rotatable bonds is 8. The Bertz CT molecular complexity index is 641. The SMILES string of the molecule is O=C(NCCCNc1cccnc1)C1(Cc2ccccc2)CNC1. The van der Waals surface area contributed by atoms with Crippen molar-refractivity contribution in [2.45, 2.75) is 12.8 Å². The number of hydrogen-bond donors (Lipinski definition) is 3. The van der Waals surface area contributed by atoms with Crippen molar-refractivity contribution >= 4 is 11.6 Å². The van der Waals surface area contributed by atoms with Crippen molar-refractivity contribution in [3.63, 3.8) is 0 Å². The third-order valence-corrected chi connectivity index (χ3v) is 4.42. The smallest absolute Gasteiger partial charge is 0.229 e. The van der Waals surface area contributed by atoms with Crippen LogP contribution in [0.2, 0.25) is 0 Å². The molecule has 1 aromatic heterocycles. The Kier molecular flexibility index (Phi) is 5.43. The minimum Gasteiger partial charge on any atom is -0.384 e. The molecule has 1 aliphatic rings. The highest BCUT2D eigenvalue weighted by Crippen LogP contribution is 2.28. The lowest BCUT2D eigenvalue weighted by molar-refractivity contribution is -0.133. The standard InChI is InChI=1S/C19H24N4O/c24-18(23-11-5-10-22-17-8-4-9-20-13-17)19(14-21-15-19)12-16-6-2-1-3-7-16/h1-4,6-9,13,21-22H,5,10-12,14-15H2,(H,23,24). The van der Waals surface area contributed by atoms with E-state index in [2.05, 4.69) is 33.1 Å². The molecule has 0 spiro atoms. The number of anilines is 1. The Balaban J connectivity index is 1.42. The number of benzene rings is 1. The predicted octanol–water partition coefficient (Wildman–Crippen LogP) is 1.83. The summed E-state index contributed by atoms with van der Waals surface area (Å²) in [6.07, 6.45) is 5.23. The summed E-state index contributed by atoms with van der Waals surface area (Å²) in [5.41, 5.74) is 1.93. The van der Waals surface area contributed by atoms with Gasteiger partial charge in [0.25, 0.3) is 0 Å². The highest BCUT2D eigenvalue weighted by atomic mass is 16.2. The van der Waals surface area contributed by atoms with Gasteiger partial charge in [-0.15, -0.1) is 0 Å². The van der Waals surface area contributed by atoms with E-state index < -0.39 is 0 Å². The van der Waals surface area contributed by atoms with Gasteiger partial charge in [-0.2, -0.15) is 0 Å². The number of nitrogens with zero attached hydrogens (tertiary/aromatic N) is 1. The van der Waals surface area contributed by atoms with Gasteiger partial charge in [0.2, 0.25) is 5.91 Å². The first-order chi connectivity index (χ1) is 11.8. The van der Waals surface area contributed by atoms with E-state index in [1.165, 1.54) is 5.56 Å². The molecule has 3 N–H and O–H groups in total. The van der Waals surface area contributed by atoms with E-state index in [0.29, 0.717) is 6.54 Å². The van der Waals surface area contributed by atoms with Gasteiger partial charge in [-0.05, 0) is 30.5 Å². The van der Waals surface area contributed by atoms with Gasteiger partial charge in [0.15, 0.2) is 0 Å². The summed E-state index contributed by atoms with van der Waals surface area (Å²) in [5.74, 6) is 0.159. The van der Waals surface area contributed by atoms with E-state index in [1.54, 1.807) is 12.4 Å². The molecule has 0 aliphatic carbocycles. The number of aromatic nitrogens is 1. The summed E-state index contributed by atoms with van der Waals surface area (Å²) >= 11 is 0. The van der Waals surface area contributed by atoms with Gasteiger partial charge in [0.1, 0.15) is 0 Å². The summed E-state index contributed by atoms with van der Waals surface area (Å²) < 4.78 is 0. The monoisotopic (exact) mass is 324 g/mol. The first-order valence-electron chi connectivity index (χ1n) is 8.45. The van der Waals surface area contributed by atoms with Crippen LogP contribution in [-0.2, 0) is 11.2 Å². The molecule has 1 fully saturated rings. The van der Waals surface area contributed by atoms with Crippen LogP contribution >= 0.6 is 0 Å². The fraction of sp³-hybridized carbons (Fsp3) is 0.368. The third-order valence-electron chi connectivity index (χ3n) is 4.42. The molecule has 24 heavy (non-hydrogen) atoms. The van der Waals surface area contributed by atoms with Crippen LogP contribution < -0.4 is 16.0 Å². The van der Waals surface area contributed by atoms with E-state index in [4.69, 9.17) is 0 Å². The van der Waals surface area contributed by atoms with Crippen LogP contribution in [0, 0.1) is 5.41 Å². The molecule has 0 saturated carbocycles. The normalized spacial score (nSPS) is 15.3. The molecule has 1 amide bonds. The Morgan fingerprint density at radius 1 is 1.12 bits per heavy atom. The summed E-state index contributed by atoms with van der Waals surface area (Å²) in [6, 6.07) is 14.1. The van der Waals surface area contributed by atoms with Gasteiger partial charge in [-0.25, -0.2) is 0 Å². The largest absolute Gasteiger partial charge is 0.384 e. The Morgan fingerprint density at radius 3 is 2.62 bits per heavy atom. The molecule has 2 heterocycles. The molecule has 1 aliphatic heterocycles. The van der Waals surface area contributed by atoms with Gasteiger partial charge in [-0.3, -0.25) is 9.78 Å². The predicted molar refractivity (Wildman–Crippen MR) is 95.8 cm³/mol. The number of carbonyl (C=O) groups is 1. The van der Waals surface area contributed by atoms with E-state index in [0.717, 1.165) is 38.2 Å². The number of nitrogens with one attached hydrogen (secondary N) is 3. The maximum Gasteiger partial charge on any atom is 0.229 e. The van der Waals surface area contributed by atoms with Crippen LogP contribution in [0.1, 0.15) is 12.0 Å². The van der Waals surface area contributed by atoms with Crippen molar-refractivity contribution < 1.29 is 4.79 Å². The van der Waals surface area contributed by atoms with Crippen LogP contribution in [0.25, 0.3) is 0 Å². The van der Waals surface area contributed by atoms with Crippen LogP contribution in [0.15, 0.2) is 54.9 Å². The molecular formula is C19H24N4O. The second kappa shape index (κ2) is 7.93. The molecule has 0 bridgehead atoms. The summed E-state index contributed by atoms with van der Waals surface area (Å²) in [7, 11) is 0. The first kappa shape index (κ1) is 16.5. The van der Waals surface area contributed by atoms with E-state index in [9.17, 15) is 4.79 Å². The Hall–Kier alpha value is -2.40. The second-order valence-electron chi connectivity index (χ2n) is 6.32. The number of carbonyl (C=O) groups excluding carboxylic acids is 1. The molecule has 126 valence electrons. The minimum atomic E-state index is -0.294. The van der Waals surface area contributed by atoms with Gasteiger partial charge in [0, 0.05) is 38.6 Å². The van der Waals surface area contributed by atoms with Crippen LogP contribution in [0.3, 0.4) is 0 Å². The number of pyridine rings is 1.